The number of rotatable bonds is 6. The van der Waals surface area contributed by atoms with Crippen molar-refractivity contribution < 1.29 is 9.90 Å². The number of nitrogens with zero attached hydrogens (tertiary/aromatic N) is 1. The fraction of sp³-hybridized carbons (Fsp3) is 0.538. The van der Waals surface area contributed by atoms with Crippen molar-refractivity contribution in [3.8, 4) is 5.75 Å². The molecule has 5 heteroatoms. The third-order valence-electron chi connectivity index (χ3n) is 2.79. The standard InChI is InChI=1S/C13H20N2O3/c1-3-4-5-6-13(18)14-8-10-7-11(16)12(17)9-15(10)2/h7,9,17H,3-6,8H2,1-2H3,(H,14,18). The van der Waals surface area contributed by atoms with Gasteiger partial charge in [-0.15, -0.1) is 0 Å². The van der Waals surface area contributed by atoms with Crippen LogP contribution in [-0.2, 0) is 18.4 Å². The maximum Gasteiger partial charge on any atom is 0.223 e. The number of carbonyl (C=O) groups is 1. The number of aryl methyl sites for hydroxylation is 1. The zero-order valence-corrected chi connectivity index (χ0v) is 10.9. The molecule has 0 atom stereocenters. The second-order valence-corrected chi connectivity index (χ2v) is 4.36. The van der Waals surface area contributed by atoms with Crippen molar-refractivity contribution in [3.05, 3.63) is 28.2 Å². The van der Waals surface area contributed by atoms with Crippen LogP contribution in [0, 0.1) is 0 Å². The highest BCUT2D eigenvalue weighted by molar-refractivity contribution is 5.75. The minimum Gasteiger partial charge on any atom is -0.503 e. The van der Waals surface area contributed by atoms with Crippen molar-refractivity contribution in [1.82, 2.24) is 9.88 Å². The first kappa shape index (κ1) is 14.3. The molecule has 0 aromatic carbocycles. The van der Waals surface area contributed by atoms with E-state index < -0.39 is 5.43 Å². The van der Waals surface area contributed by atoms with E-state index in [2.05, 4.69) is 12.2 Å². The normalized spacial score (nSPS) is 10.3. The first-order valence-electron chi connectivity index (χ1n) is 6.19. The summed E-state index contributed by atoms with van der Waals surface area (Å²) in [6, 6.07) is 1.33. The van der Waals surface area contributed by atoms with E-state index in [0.29, 0.717) is 18.7 Å². The van der Waals surface area contributed by atoms with Gasteiger partial charge < -0.3 is 15.0 Å². The molecule has 2 N–H and O–H groups in total. The minimum atomic E-state index is -0.427. The predicted octanol–water partition coefficient (Wildman–Crippen LogP) is 1.29. The summed E-state index contributed by atoms with van der Waals surface area (Å²) in [5.41, 5.74) is 0.241. The van der Waals surface area contributed by atoms with Gasteiger partial charge in [-0.1, -0.05) is 19.8 Å². The lowest BCUT2D eigenvalue weighted by atomic mass is 10.2. The largest absolute Gasteiger partial charge is 0.503 e. The SMILES string of the molecule is CCCCCC(=O)NCc1cc(=O)c(O)cn1C. The van der Waals surface area contributed by atoms with Gasteiger partial charge in [-0.05, 0) is 6.42 Å². The monoisotopic (exact) mass is 252 g/mol. The first-order chi connectivity index (χ1) is 8.54. The van der Waals surface area contributed by atoms with E-state index in [1.54, 1.807) is 11.6 Å². The Labute approximate surface area is 106 Å². The van der Waals surface area contributed by atoms with Gasteiger partial charge in [-0.25, -0.2) is 0 Å². The summed E-state index contributed by atoms with van der Waals surface area (Å²) in [6.07, 6.45) is 4.88. The van der Waals surface area contributed by atoms with Crippen LogP contribution in [0.5, 0.6) is 5.75 Å². The highest BCUT2D eigenvalue weighted by Gasteiger charge is 2.05. The van der Waals surface area contributed by atoms with Gasteiger partial charge in [0, 0.05) is 31.4 Å². The third-order valence-corrected chi connectivity index (χ3v) is 2.79. The van der Waals surface area contributed by atoms with Crippen molar-refractivity contribution in [2.45, 2.75) is 39.2 Å². The molecule has 0 aliphatic carbocycles. The molecule has 0 unspecified atom stereocenters. The molecule has 0 spiro atoms. The summed E-state index contributed by atoms with van der Waals surface area (Å²) in [5, 5.41) is 12.0. The number of carbonyl (C=O) groups excluding carboxylic acids is 1. The molecule has 100 valence electrons. The van der Waals surface area contributed by atoms with Crippen LogP contribution < -0.4 is 10.7 Å². The first-order valence-corrected chi connectivity index (χ1v) is 6.19. The van der Waals surface area contributed by atoms with Gasteiger partial charge in [-0.2, -0.15) is 0 Å². The lowest BCUT2D eigenvalue weighted by Crippen LogP contribution is -2.25. The maximum absolute atomic E-state index is 11.5. The highest BCUT2D eigenvalue weighted by atomic mass is 16.3. The van der Waals surface area contributed by atoms with Crippen LogP contribution in [0.2, 0.25) is 0 Å². The van der Waals surface area contributed by atoms with Crippen LogP contribution in [0.3, 0.4) is 0 Å². The van der Waals surface area contributed by atoms with Crippen LogP contribution in [-0.4, -0.2) is 15.6 Å². The summed E-state index contributed by atoms with van der Waals surface area (Å²) in [6.45, 7) is 2.39. The van der Waals surface area contributed by atoms with E-state index in [4.69, 9.17) is 0 Å². The second-order valence-electron chi connectivity index (χ2n) is 4.36. The van der Waals surface area contributed by atoms with Crippen molar-refractivity contribution >= 4 is 5.91 Å². The van der Waals surface area contributed by atoms with E-state index in [0.717, 1.165) is 19.3 Å². The predicted molar refractivity (Wildman–Crippen MR) is 69.3 cm³/mol. The molecular formula is C13H20N2O3. The van der Waals surface area contributed by atoms with Gasteiger partial charge in [0.05, 0.1) is 6.54 Å². The molecule has 1 aromatic rings. The average molecular weight is 252 g/mol. The van der Waals surface area contributed by atoms with Crippen molar-refractivity contribution in [1.29, 1.82) is 0 Å². The average Bonchev–Trinajstić information content (AvgIpc) is 2.32. The van der Waals surface area contributed by atoms with Crippen molar-refractivity contribution in [2.75, 3.05) is 0 Å². The van der Waals surface area contributed by atoms with E-state index in [1.165, 1.54) is 12.3 Å². The molecule has 18 heavy (non-hydrogen) atoms. The fourth-order valence-corrected chi connectivity index (χ4v) is 1.65. The Bertz CT molecular complexity index is 466. The van der Waals surface area contributed by atoms with Gasteiger partial charge in [0.15, 0.2) is 5.75 Å². The van der Waals surface area contributed by atoms with Gasteiger partial charge in [0.25, 0.3) is 0 Å². The van der Waals surface area contributed by atoms with Gasteiger partial charge in [0.2, 0.25) is 11.3 Å². The molecule has 5 nitrogen and oxygen atoms in total. The molecule has 0 saturated heterocycles. The zero-order valence-electron chi connectivity index (χ0n) is 10.9. The topological polar surface area (TPSA) is 71.3 Å². The lowest BCUT2D eigenvalue weighted by molar-refractivity contribution is -0.121. The van der Waals surface area contributed by atoms with Crippen LogP contribution >= 0.6 is 0 Å². The van der Waals surface area contributed by atoms with E-state index in [9.17, 15) is 14.7 Å². The summed E-state index contributed by atoms with van der Waals surface area (Å²) in [4.78, 5) is 22.8. The Kier molecular flexibility index (Phi) is 5.42. The Morgan fingerprint density at radius 1 is 1.44 bits per heavy atom. The Morgan fingerprint density at radius 2 is 2.17 bits per heavy atom. The Balaban J connectivity index is 2.51. The molecular weight excluding hydrogens is 232 g/mol. The second kappa shape index (κ2) is 6.83. The van der Waals surface area contributed by atoms with Crippen LogP contribution in [0.1, 0.15) is 38.3 Å². The molecule has 0 bridgehead atoms. The number of nitrogens with one attached hydrogen (secondary N) is 1. The summed E-state index contributed by atoms with van der Waals surface area (Å²) < 4.78 is 1.63. The molecule has 1 rings (SSSR count). The number of unbranched alkanes of at least 4 members (excludes halogenated alkanes) is 2. The molecule has 0 fully saturated rings. The maximum atomic E-state index is 11.5. The number of hydrogen-bond donors (Lipinski definition) is 2. The van der Waals surface area contributed by atoms with Gasteiger partial charge in [-0.3, -0.25) is 9.59 Å². The van der Waals surface area contributed by atoms with Gasteiger partial charge in [0.1, 0.15) is 0 Å². The molecule has 1 amide bonds. The number of amides is 1. The summed E-state index contributed by atoms with van der Waals surface area (Å²) in [7, 11) is 1.72. The number of aromatic hydroxyl groups is 1. The lowest BCUT2D eigenvalue weighted by Gasteiger charge is -2.10. The van der Waals surface area contributed by atoms with Crippen molar-refractivity contribution in [2.24, 2.45) is 7.05 Å². The highest BCUT2D eigenvalue weighted by Crippen LogP contribution is 2.03. The number of hydrogen-bond acceptors (Lipinski definition) is 3. The van der Waals surface area contributed by atoms with E-state index in [-0.39, 0.29) is 11.7 Å². The van der Waals surface area contributed by atoms with Gasteiger partial charge >= 0.3 is 0 Å². The third kappa shape index (κ3) is 4.24. The summed E-state index contributed by atoms with van der Waals surface area (Å²) >= 11 is 0. The molecule has 1 heterocycles. The van der Waals surface area contributed by atoms with Crippen LogP contribution in [0.15, 0.2) is 17.1 Å². The molecule has 0 saturated carbocycles. The molecule has 1 aromatic heterocycles. The molecule has 0 aliphatic rings. The molecule has 0 radical (unpaired) electrons. The van der Waals surface area contributed by atoms with Crippen LogP contribution in [0.25, 0.3) is 0 Å². The fourth-order valence-electron chi connectivity index (χ4n) is 1.65. The van der Waals surface area contributed by atoms with E-state index in [1.807, 2.05) is 0 Å². The smallest absolute Gasteiger partial charge is 0.223 e. The minimum absolute atomic E-state index is 0.0102. The Morgan fingerprint density at radius 3 is 2.83 bits per heavy atom. The number of aromatic nitrogens is 1. The quantitative estimate of drug-likeness (QED) is 0.749. The number of pyridine rings is 1. The molecule has 0 aliphatic heterocycles. The zero-order chi connectivity index (χ0) is 13.5. The van der Waals surface area contributed by atoms with Crippen molar-refractivity contribution in [3.63, 3.8) is 0 Å². The van der Waals surface area contributed by atoms with Crippen LogP contribution in [0.4, 0.5) is 0 Å². The van der Waals surface area contributed by atoms with E-state index >= 15 is 0 Å². The Hall–Kier alpha value is -1.78. The summed E-state index contributed by atoms with van der Waals surface area (Å²) in [5.74, 6) is -0.292.